The number of benzene rings is 1. The summed E-state index contributed by atoms with van der Waals surface area (Å²) in [4.78, 5) is 2.45. The largest absolute Gasteiger partial charge is 0.389 e. The van der Waals surface area contributed by atoms with Gasteiger partial charge in [-0.15, -0.1) is 0 Å². The Kier molecular flexibility index (Phi) is 5.64. The van der Waals surface area contributed by atoms with Crippen molar-refractivity contribution in [2.24, 2.45) is 0 Å². The van der Waals surface area contributed by atoms with Crippen LogP contribution in [0, 0.1) is 6.92 Å². The molecule has 0 aromatic heterocycles. The summed E-state index contributed by atoms with van der Waals surface area (Å²) in [5.74, 6) is 0.152. The molecule has 4 nitrogen and oxygen atoms in total. The average Bonchev–Trinajstić information content (AvgIpc) is 2.85. The van der Waals surface area contributed by atoms with Crippen LogP contribution in [0.15, 0.2) is 29.2 Å². The van der Waals surface area contributed by atoms with Gasteiger partial charge in [0.05, 0.1) is 16.2 Å². The zero-order valence-corrected chi connectivity index (χ0v) is 14.4. The third kappa shape index (κ3) is 4.80. The molecular weight excluding hydrogens is 298 g/mol. The van der Waals surface area contributed by atoms with E-state index in [0.29, 0.717) is 24.4 Å². The van der Waals surface area contributed by atoms with E-state index in [4.69, 9.17) is 0 Å². The number of nitrogens with zero attached hydrogens (tertiary/aromatic N) is 1. The smallest absolute Gasteiger partial charge is 0.178 e. The zero-order valence-electron chi connectivity index (χ0n) is 13.6. The molecule has 2 rings (SSSR count). The molecule has 0 unspecified atom stereocenters. The summed E-state index contributed by atoms with van der Waals surface area (Å²) >= 11 is 0. The predicted molar refractivity (Wildman–Crippen MR) is 88.8 cm³/mol. The molecule has 1 N–H and O–H groups in total. The van der Waals surface area contributed by atoms with E-state index in [9.17, 15) is 13.5 Å². The molecular formula is C17H27NO3S. The first-order valence-corrected chi connectivity index (χ1v) is 9.66. The van der Waals surface area contributed by atoms with Gasteiger partial charge < -0.3 is 10.0 Å². The van der Waals surface area contributed by atoms with Crippen molar-refractivity contribution in [3.63, 3.8) is 0 Å². The summed E-state index contributed by atoms with van der Waals surface area (Å²) in [6, 6.07) is 7.01. The molecule has 0 heterocycles. The van der Waals surface area contributed by atoms with Gasteiger partial charge in [-0.3, -0.25) is 0 Å². The lowest BCUT2D eigenvalue weighted by molar-refractivity contribution is 0.0165. The molecule has 1 aliphatic carbocycles. The quantitative estimate of drug-likeness (QED) is 0.836. The normalized spacial score (nSPS) is 18.0. The van der Waals surface area contributed by atoms with E-state index < -0.39 is 15.4 Å². The second kappa shape index (κ2) is 7.11. The fourth-order valence-corrected chi connectivity index (χ4v) is 4.46. The van der Waals surface area contributed by atoms with E-state index in [-0.39, 0.29) is 5.75 Å². The minimum atomic E-state index is -3.20. The molecule has 1 fully saturated rings. The SMILES string of the molecule is Cc1ccc(S(=O)(=O)CCCN(C)CC2(O)CCCC2)cc1. The molecule has 0 atom stereocenters. The molecule has 0 spiro atoms. The summed E-state index contributed by atoms with van der Waals surface area (Å²) in [6.07, 6.45) is 4.49. The van der Waals surface area contributed by atoms with Crippen LogP contribution in [0.3, 0.4) is 0 Å². The summed E-state index contributed by atoms with van der Waals surface area (Å²) < 4.78 is 24.5. The second-order valence-electron chi connectivity index (χ2n) is 6.65. The van der Waals surface area contributed by atoms with Gasteiger partial charge in [0.15, 0.2) is 9.84 Å². The first kappa shape index (κ1) is 17.4. The maximum Gasteiger partial charge on any atom is 0.178 e. The summed E-state index contributed by atoms with van der Waals surface area (Å²) in [6.45, 7) is 3.27. The number of aliphatic hydroxyl groups is 1. The first-order valence-electron chi connectivity index (χ1n) is 8.01. The Labute approximate surface area is 134 Å². The minimum absolute atomic E-state index is 0.152. The Bertz CT molecular complexity index is 574. The lowest BCUT2D eigenvalue weighted by atomic mass is 10.0. The highest BCUT2D eigenvalue weighted by molar-refractivity contribution is 7.91. The fraction of sp³-hybridized carbons (Fsp3) is 0.647. The third-order valence-electron chi connectivity index (χ3n) is 4.43. The summed E-state index contributed by atoms with van der Waals surface area (Å²) in [5.41, 5.74) is 0.494. The topological polar surface area (TPSA) is 57.6 Å². The minimum Gasteiger partial charge on any atom is -0.389 e. The van der Waals surface area contributed by atoms with Crippen molar-refractivity contribution < 1.29 is 13.5 Å². The van der Waals surface area contributed by atoms with Crippen molar-refractivity contribution in [2.45, 2.75) is 49.5 Å². The lowest BCUT2D eigenvalue weighted by Crippen LogP contribution is -2.39. The van der Waals surface area contributed by atoms with Crippen LogP contribution >= 0.6 is 0 Å². The molecule has 1 saturated carbocycles. The standard InChI is InChI=1S/C17H27NO3S/c1-15-6-8-16(9-7-15)22(20,21)13-5-12-18(2)14-17(19)10-3-4-11-17/h6-9,19H,3-5,10-14H2,1-2H3. The summed E-state index contributed by atoms with van der Waals surface area (Å²) in [5, 5.41) is 10.4. The molecule has 1 aromatic rings. The van der Waals surface area contributed by atoms with Crippen molar-refractivity contribution in [1.29, 1.82) is 0 Å². The van der Waals surface area contributed by atoms with Gasteiger partial charge in [0.25, 0.3) is 0 Å². The highest BCUT2D eigenvalue weighted by Gasteiger charge is 2.32. The molecule has 0 saturated heterocycles. The molecule has 1 aliphatic rings. The zero-order chi connectivity index (χ0) is 16.2. The van der Waals surface area contributed by atoms with Gasteiger partial charge >= 0.3 is 0 Å². The molecule has 124 valence electrons. The maximum atomic E-state index is 12.3. The number of rotatable bonds is 7. The van der Waals surface area contributed by atoms with Gasteiger partial charge in [-0.05, 0) is 51.9 Å². The Hall–Kier alpha value is -0.910. The Balaban J connectivity index is 1.81. The Morgan fingerprint density at radius 2 is 1.77 bits per heavy atom. The number of hydrogen-bond donors (Lipinski definition) is 1. The number of likely N-dealkylation sites (N-methyl/N-ethyl adjacent to an activating group) is 1. The van der Waals surface area contributed by atoms with Gasteiger partial charge in [0.2, 0.25) is 0 Å². The molecule has 0 aliphatic heterocycles. The van der Waals surface area contributed by atoms with Crippen molar-refractivity contribution in [2.75, 3.05) is 25.9 Å². The van der Waals surface area contributed by atoms with E-state index >= 15 is 0 Å². The van der Waals surface area contributed by atoms with Crippen LogP contribution < -0.4 is 0 Å². The van der Waals surface area contributed by atoms with Gasteiger partial charge in [0.1, 0.15) is 0 Å². The van der Waals surface area contributed by atoms with Crippen LogP contribution in [0.25, 0.3) is 0 Å². The van der Waals surface area contributed by atoms with Crippen LogP contribution in [0.2, 0.25) is 0 Å². The number of hydrogen-bond acceptors (Lipinski definition) is 4. The van der Waals surface area contributed by atoms with Crippen molar-refractivity contribution in [3.05, 3.63) is 29.8 Å². The predicted octanol–water partition coefficient (Wildman–Crippen LogP) is 2.40. The van der Waals surface area contributed by atoms with E-state index in [1.807, 2.05) is 26.1 Å². The van der Waals surface area contributed by atoms with Gasteiger partial charge in [-0.2, -0.15) is 0 Å². The van der Waals surface area contributed by atoms with Crippen LogP contribution in [-0.4, -0.2) is 49.9 Å². The molecule has 1 aromatic carbocycles. The highest BCUT2D eigenvalue weighted by Crippen LogP contribution is 2.29. The molecule has 22 heavy (non-hydrogen) atoms. The van der Waals surface area contributed by atoms with Gasteiger partial charge in [-0.1, -0.05) is 30.5 Å². The lowest BCUT2D eigenvalue weighted by Gasteiger charge is -2.28. The molecule has 0 radical (unpaired) electrons. The van der Waals surface area contributed by atoms with E-state index in [2.05, 4.69) is 4.90 Å². The maximum absolute atomic E-state index is 12.3. The molecule has 0 bridgehead atoms. The Morgan fingerprint density at radius 3 is 2.36 bits per heavy atom. The van der Waals surface area contributed by atoms with E-state index in [0.717, 1.165) is 31.2 Å². The van der Waals surface area contributed by atoms with Gasteiger partial charge in [-0.25, -0.2) is 8.42 Å². The van der Waals surface area contributed by atoms with Crippen molar-refractivity contribution >= 4 is 9.84 Å². The molecule has 5 heteroatoms. The fourth-order valence-electron chi connectivity index (χ4n) is 3.16. The third-order valence-corrected chi connectivity index (χ3v) is 6.25. The van der Waals surface area contributed by atoms with Gasteiger partial charge in [0, 0.05) is 6.54 Å². The number of aryl methyl sites for hydroxylation is 1. The van der Waals surface area contributed by atoms with E-state index in [1.54, 1.807) is 12.1 Å². The van der Waals surface area contributed by atoms with E-state index in [1.165, 1.54) is 0 Å². The highest BCUT2D eigenvalue weighted by atomic mass is 32.2. The van der Waals surface area contributed by atoms with Crippen LogP contribution in [0.4, 0.5) is 0 Å². The number of sulfone groups is 1. The van der Waals surface area contributed by atoms with Crippen LogP contribution in [0.1, 0.15) is 37.7 Å². The average molecular weight is 325 g/mol. The monoisotopic (exact) mass is 325 g/mol. The summed E-state index contributed by atoms with van der Waals surface area (Å²) in [7, 11) is -1.25. The van der Waals surface area contributed by atoms with Crippen molar-refractivity contribution in [3.8, 4) is 0 Å². The first-order chi connectivity index (χ1) is 10.3. The van der Waals surface area contributed by atoms with Crippen LogP contribution in [0.5, 0.6) is 0 Å². The Morgan fingerprint density at radius 1 is 1.18 bits per heavy atom. The second-order valence-corrected chi connectivity index (χ2v) is 8.76. The molecule has 0 amide bonds. The van der Waals surface area contributed by atoms with Crippen LogP contribution in [-0.2, 0) is 9.84 Å². The van der Waals surface area contributed by atoms with Crippen molar-refractivity contribution in [1.82, 2.24) is 4.90 Å².